The Bertz CT molecular complexity index is 384. The fourth-order valence-corrected chi connectivity index (χ4v) is 2.17. The van der Waals surface area contributed by atoms with Crippen LogP contribution in [0.1, 0.15) is 47.7 Å². The highest BCUT2D eigenvalue weighted by Crippen LogP contribution is 2.27. The Morgan fingerprint density at radius 2 is 2.27 bits per heavy atom. The van der Waals surface area contributed by atoms with Crippen molar-refractivity contribution in [2.24, 2.45) is 0 Å². The molecule has 1 atom stereocenters. The summed E-state index contributed by atoms with van der Waals surface area (Å²) in [5, 5.41) is 2.88. The summed E-state index contributed by atoms with van der Waals surface area (Å²) in [6, 6.07) is 6.08. The second kappa shape index (κ2) is 4.05. The van der Waals surface area contributed by atoms with Crippen LogP contribution in [0.3, 0.4) is 0 Å². The van der Waals surface area contributed by atoms with Gasteiger partial charge in [-0.1, -0.05) is 26.0 Å². The third-order valence-electron chi connectivity index (χ3n) is 3.26. The van der Waals surface area contributed by atoms with Gasteiger partial charge in [-0.25, -0.2) is 0 Å². The third-order valence-corrected chi connectivity index (χ3v) is 3.26. The lowest BCUT2D eigenvalue weighted by Gasteiger charge is -2.22. The molecule has 1 unspecified atom stereocenters. The largest absolute Gasteiger partial charge is 0.352 e. The van der Waals surface area contributed by atoms with Crippen LogP contribution in [-0.4, -0.2) is 12.5 Å². The van der Waals surface area contributed by atoms with Crippen molar-refractivity contribution in [2.45, 2.75) is 32.6 Å². The van der Waals surface area contributed by atoms with Gasteiger partial charge in [-0.3, -0.25) is 4.79 Å². The fourth-order valence-electron chi connectivity index (χ4n) is 2.17. The van der Waals surface area contributed by atoms with Crippen LogP contribution in [0.5, 0.6) is 0 Å². The van der Waals surface area contributed by atoms with E-state index in [1.165, 1.54) is 11.1 Å². The Labute approximate surface area is 90.7 Å². The molecule has 1 amide bonds. The van der Waals surface area contributed by atoms with E-state index in [-0.39, 0.29) is 5.91 Å². The molecule has 0 aromatic heterocycles. The van der Waals surface area contributed by atoms with E-state index in [2.05, 4.69) is 25.2 Å². The van der Waals surface area contributed by atoms with Crippen LogP contribution in [0.25, 0.3) is 0 Å². The minimum absolute atomic E-state index is 0.0846. The summed E-state index contributed by atoms with van der Waals surface area (Å²) in [7, 11) is 0. The van der Waals surface area contributed by atoms with E-state index < -0.39 is 0 Å². The summed E-state index contributed by atoms with van der Waals surface area (Å²) in [4.78, 5) is 11.6. The molecule has 1 aliphatic rings. The normalized spacial score (nSPS) is 16.8. The van der Waals surface area contributed by atoms with Gasteiger partial charge in [0.1, 0.15) is 0 Å². The molecule has 1 heterocycles. The Kier molecular flexibility index (Phi) is 2.76. The van der Waals surface area contributed by atoms with E-state index in [0.717, 1.165) is 24.9 Å². The third kappa shape index (κ3) is 1.76. The van der Waals surface area contributed by atoms with Crippen LogP contribution < -0.4 is 5.32 Å². The van der Waals surface area contributed by atoms with Gasteiger partial charge in [0.2, 0.25) is 0 Å². The molecule has 1 aliphatic heterocycles. The number of carbonyl (C=O) groups is 1. The molecule has 2 rings (SSSR count). The van der Waals surface area contributed by atoms with Crippen LogP contribution in [0, 0.1) is 0 Å². The zero-order valence-electron chi connectivity index (χ0n) is 9.34. The first kappa shape index (κ1) is 10.2. The standard InChI is InChI=1S/C13H17NO/c1-3-9(2)10-5-4-6-12-11(10)7-8-14-13(12)15/h4-6,9H,3,7-8H2,1-2H3,(H,14,15). The maximum absolute atomic E-state index is 11.6. The Balaban J connectivity index is 2.49. The van der Waals surface area contributed by atoms with Gasteiger partial charge in [0.05, 0.1) is 0 Å². The SMILES string of the molecule is CCC(C)c1cccc2c1CCNC2=O. The molecule has 15 heavy (non-hydrogen) atoms. The number of benzene rings is 1. The first-order chi connectivity index (χ1) is 7.24. The predicted octanol–water partition coefficient (Wildman–Crippen LogP) is 2.49. The Hall–Kier alpha value is -1.31. The summed E-state index contributed by atoms with van der Waals surface area (Å²) in [6.45, 7) is 5.19. The van der Waals surface area contributed by atoms with Gasteiger partial charge in [0.15, 0.2) is 0 Å². The Morgan fingerprint density at radius 3 is 3.00 bits per heavy atom. The molecule has 1 aromatic rings. The van der Waals surface area contributed by atoms with E-state index in [4.69, 9.17) is 0 Å². The minimum Gasteiger partial charge on any atom is -0.352 e. The van der Waals surface area contributed by atoms with Gasteiger partial charge >= 0.3 is 0 Å². The van der Waals surface area contributed by atoms with E-state index in [1.54, 1.807) is 0 Å². The molecule has 0 fully saturated rings. The summed E-state index contributed by atoms with van der Waals surface area (Å²) < 4.78 is 0. The van der Waals surface area contributed by atoms with Crippen molar-refractivity contribution in [3.63, 3.8) is 0 Å². The van der Waals surface area contributed by atoms with Gasteiger partial charge in [-0.05, 0) is 36.0 Å². The van der Waals surface area contributed by atoms with Gasteiger partial charge in [-0.15, -0.1) is 0 Å². The van der Waals surface area contributed by atoms with Crippen molar-refractivity contribution in [3.8, 4) is 0 Å². The topological polar surface area (TPSA) is 29.1 Å². The van der Waals surface area contributed by atoms with Crippen molar-refractivity contribution in [3.05, 3.63) is 34.9 Å². The van der Waals surface area contributed by atoms with Crippen molar-refractivity contribution in [2.75, 3.05) is 6.54 Å². The zero-order valence-corrected chi connectivity index (χ0v) is 9.34. The van der Waals surface area contributed by atoms with E-state index in [9.17, 15) is 4.79 Å². The maximum Gasteiger partial charge on any atom is 0.251 e. The summed E-state index contributed by atoms with van der Waals surface area (Å²) >= 11 is 0. The van der Waals surface area contributed by atoms with E-state index >= 15 is 0 Å². The highest BCUT2D eigenvalue weighted by Gasteiger charge is 2.20. The zero-order chi connectivity index (χ0) is 10.8. The molecule has 0 saturated heterocycles. The lowest BCUT2D eigenvalue weighted by atomic mass is 9.87. The summed E-state index contributed by atoms with van der Waals surface area (Å²) in [5.74, 6) is 0.632. The Morgan fingerprint density at radius 1 is 1.47 bits per heavy atom. The molecule has 2 nitrogen and oxygen atoms in total. The van der Waals surface area contributed by atoms with E-state index in [1.807, 2.05) is 12.1 Å². The smallest absolute Gasteiger partial charge is 0.251 e. The van der Waals surface area contributed by atoms with Gasteiger partial charge in [0.25, 0.3) is 5.91 Å². The highest BCUT2D eigenvalue weighted by atomic mass is 16.1. The minimum atomic E-state index is 0.0846. The van der Waals surface area contributed by atoms with Crippen molar-refractivity contribution in [1.82, 2.24) is 5.32 Å². The second-order valence-corrected chi connectivity index (χ2v) is 4.19. The van der Waals surface area contributed by atoms with Gasteiger partial charge in [0, 0.05) is 12.1 Å². The first-order valence-electron chi connectivity index (χ1n) is 5.64. The molecular weight excluding hydrogens is 186 g/mol. The van der Waals surface area contributed by atoms with Crippen LogP contribution in [0.2, 0.25) is 0 Å². The number of rotatable bonds is 2. The molecule has 0 spiro atoms. The van der Waals surface area contributed by atoms with Gasteiger partial charge in [-0.2, -0.15) is 0 Å². The molecule has 80 valence electrons. The number of amides is 1. The number of hydrogen-bond donors (Lipinski definition) is 1. The van der Waals surface area contributed by atoms with Crippen molar-refractivity contribution < 1.29 is 4.79 Å². The molecule has 2 heteroatoms. The molecule has 0 saturated carbocycles. The number of carbonyl (C=O) groups excluding carboxylic acids is 1. The van der Waals surface area contributed by atoms with E-state index in [0.29, 0.717) is 5.92 Å². The van der Waals surface area contributed by atoms with Crippen LogP contribution in [-0.2, 0) is 6.42 Å². The molecule has 0 bridgehead atoms. The average Bonchev–Trinajstić information content (AvgIpc) is 2.28. The number of fused-ring (bicyclic) bond motifs is 1. The molecule has 0 radical (unpaired) electrons. The molecular formula is C13H17NO. The molecule has 1 aromatic carbocycles. The van der Waals surface area contributed by atoms with Crippen LogP contribution in [0.15, 0.2) is 18.2 Å². The van der Waals surface area contributed by atoms with Crippen LogP contribution >= 0.6 is 0 Å². The molecule has 0 aliphatic carbocycles. The monoisotopic (exact) mass is 203 g/mol. The number of hydrogen-bond acceptors (Lipinski definition) is 1. The lowest BCUT2D eigenvalue weighted by molar-refractivity contribution is 0.0945. The highest BCUT2D eigenvalue weighted by molar-refractivity contribution is 5.97. The molecule has 1 N–H and O–H groups in total. The second-order valence-electron chi connectivity index (χ2n) is 4.19. The lowest BCUT2D eigenvalue weighted by Crippen LogP contribution is -2.32. The van der Waals surface area contributed by atoms with Crippen molar-refractivity contribution >= 4 is 5.91 Å². The summed E-state index contributed by atoms with van der Waals surface area (Å²) in [5.41, 5.74) is 3.49. The summed E-state index contributed by atoms with van der Waals surface area (Å²) in [6.07, 6.45) is 2.10. The quantitative estimate of drug-likeness (QED) is 0.786. The number of nitrogens with one attached hydrogen (secondary N) is 1. The first-order valence-corrected chi connectivity index (χ1v) is 5.64. The van der Waals surface area contributed by atoms with Crippen molar-refractivity contribution in [1.29, 1.82) is 0 Å². The predicted molar refractivity (Wildman–Crippen MR) is 61.2 cm³/mol. The average molecular weight is 203 g/mol. The maximum atomic E-state index is 11.6. The van der Waals surface area contributed by atoms with Crippen LogP contribution in [0.4, 0.5) is 0 Å². The fraction of sp³-hybridized carbons (Fsp3) is 0.462. The van der Waals surface area contributed by atoms with Gasteiger partial charge < -0.3 is 5.32 Å².